The van der Waals surface area contributed by atoms with E-state index >= 15 is 0 Å². The summed E-state index contributed by atoms with van der Waals surface area (Å²) in [4.78, 5) is 12.8. The van der Waals surface area contributed by atoms with Crippen molar-refractivity contribution in [2.24, 2.45) is 0 Å². The molecular formula is C15H16N4O3S. The van der Waals surface area contributed by atoms with Crippen LogP contribution in [0.2, 0.25) is 0 Å². The Hall–Kier alpha value is -2.19. The lowest BCUT2D eigenvalue weighted by molar-refractivity contribution is 0.0934. The summed E-state index contributed by atoms with van der Waals surface area (Å²) in [5.41, 5.74) is 2.81. The van der Waals surface area contributed by atoms with Gasteiger partial charge in [0.25, 0.3) is 5.91 Å². The number of benzene rings is 1. The summed E-state index contributed by atoms with van der Waals surface area (Å²) >= 11 is 0. The molecule has 3 heterocycles. The van der Waals surface area contributed by atoms with Gasteiger partial charge >= 0.3 is 0 Å². The quantitative estimate of drug-likeness (QED) is 0.734. The minimum Gasteiger partial charge on any atom is -0.343 e. The molecule has 2 aliphatic heterocycles. The molecule has 3 N–H and O–H groups in total. The molecule has 0 radical (unpaired) electrons. The highest BCUT2D eigenvalue weighted by Gasteiger charge is 2.36. The van der Waals surface area contributed by atoms with Gasteiger partial charge in [-0.05, 0) is 11.6 Å². The fourth-order valence-electron chi connectivity index (χ4n) is 3.21. The summed E-state index contributed by atoms with van der Waals surface area (Å²) in [6.07, 6.45) is 0.802. The number of aromatic nitrogens is 2. The number of sulfone groups is 1. The molecule has 0 bridgehead atoms. The topological polar surface area (TPSA) is 104 Å². The molecule has 1 aromatic carbocycles. The maximum absolute atomic E-state index is 12.5. The molecule has 0 fully saturated rings. The molecule has 120 valence electrons. The number of hydrogen-bond donors (Lipinski definition) is 3. The van der Waals surface area contributed by atoms with Crippen LogP contribution in [0.15, 0.2) is 29.2 Å². The number of rotatable bonds is 2. The minimum atomic E-state index is -3.34. The van der Waals surface area contributed by atoms with Crippen LogP contribution in [0.1, 0.15) is 33.4 Å². The van der Waals surface area contributed by atoms with E-state index in [1.54, 1.807) is 24.3 Å². The lowest BCUT2D eigenvalue weighted by Crippen LogP contribution is -2.32. The molecule has 23 heavy (non-hydrogen) atoms. The van der Waals surface area contributed by atoms with Crippen molar-refractivity contribution in [3.8, 4) is 0 Å². The van der Waals surface area contributed by atoms with Crippen LogP contribution in [0, 0.1) is 0 Å². The largest absolute Gasteiger partial charge is 0.343 e. The molecule has 1 amide bonds. The Labute approximate surface area is 133 Å². The monoisotopic (exact) mass is 332 g/mol. The Bertz CT molecular complexity index is 888. The zero-order chi connectivity index (χ0) is 16.0. The lowest BCUT2D eigenvalue weighted by Gasteiger charge is -2.15. The molecule has 2 aliphatic rings. The number of nitrogens with one attached hydrogen (secondary N) is 3. The van der Waals surface area contributed by atoms with Gasteiger partial charge < -0.3 is 10.6 Å². The van der Waals surface area contributed by atoms with Crippen molar-refractivity contribution in [1.29, 1.82) is 0 Å². The van der Waals surface area contributed by atoms with Crippen molar-refractivity contribution >= 4 is 15.7 Å². The van der Waals surface area contributed by atoms with Crippen molar-refractivity contribution < 1.29 is 13.2 Å². The Kier molecular flexibility index (Phi) is 3.24. The Morgan fingerprint density at radius 1 is 1.30 bits per heavy atom. The second kappa shape index (κ2) is 5.17. The van der Waals surface area contributed by atoms with Crippen molar-refractivity contribution in [2.45, 2.75) is 23.9 Å². The van der Waals surface area contributed by atoms with Gasteiger partial charge in [0.05, 0.1) is 16.7 Å². The van der Waals surface area contributed by atoms with Gasteiger partial charge in [-0.2, -0.15) is 5.10 Å². The molecule has 1 aromatic heterocycles. The first-order valence-corrected chi connectivity index (χ1v) is 9.11. The number of hydrogen-bond acceptors (Lipinski definition) is 5. The van der Waals surface area contributed by atoms with Crippen molar-refractivity contribution in [1.82, 2.24) is 20.8 Å². The van der Waals surface area contributed by atoms with Gasteiger partial charge in [0.15, 0.2) is 15.5 Å². The van der Waals surface area contributed by atoms with E-state index < -0.39 is 15.9 Å². The predicted molar refractivity (Wildman–Crippen MR) is 82.7 cm³/mol. The average Bonchev–Trinajstić information content (AvgIpc) is 3.08. The molecule has 8 heteroatoms. The molecule has 1 unspecified atom stereocenters. The number of nitrogens with zero attached hydrogens (tertiary/aromatic N) is 1. The van der Waals surface area contributed by atoms with E-state index in [0.29, 0.717) is 22.7 Å². The van der Waals surface area contributed by atoms with Crippen LogP contribution >= 0.6 is 0 Å². The van der Waals surface area contributed by atoms with E-state index in [4.69, 9.17) is 0 Å². The number of amides is 1. The number of carbonyl (C=O) groups is 1. The Morgan fingerprint density at radius 2 is 2.13 bits per heavy atom. The number of carbonyl (C=O) groups excluding carboxylic acids is 1. The average molecular weight is 332 g/mol. The zero-order valence-electron chi connectivity index (χ0n) is 12.3. The third-order valence-electron chi connectivity index (χ3n) is 4.34. The summed E-state index contributed by atoms with van der Waals surface area (Å²) in [7, 11) is -3.34. The second-order valence-corrected chi connectivity index (χ2v) is 7.80. The molecule has 0 aliphatic carbocycles. The Balaban J connectivity index is 1.62. The summed E-state index contributed by atoms with van der Waals surface area (Å²) in [5, 5.41) is 13.0. The smallest absolute Gasteiger partial charge is 0.272 e. The van der Waals surface area contributed by atoms with Gasteiger partial charge in [0, 0.05) is 30.8 Å². The van der Waals surface area contributed by atoms with Crippen molar-refractivity contribution in [3.63, 3.8) is 0 Å². The molecule has 0 saturated carbocycles. The maximum Gasteiger partial charge on any atom is 0.272 e. The van der Waals surface area contributed by atoms with Gasteiger partial charge in [0.2, 0.25) is 0 Å². The molecule has 0 saturated heterocycles. The van der Waals surface area contributed by atoms with Crippen LogP contribution in [-0.2, 0) is 22.8 Å². The van der Waals surface area contributed by atoms with Gasteiger partial charge in [-0.1, -0.05) is 18.2 Å². The SMILES string of the molecule is O=C(NC1CS(=O)(=O)c2ccccc21)c1n[nH]c2c1CNCC2. The highest BCUT2D eigenvalue weighted by molar-refractivity contribution is 7.91. The second-order valence-electron chi connectivity index (χ2n) is 5.80. The van der Waals surface area contributed by atoms with E-state index in [9.17, 15) is 13.2 Å². The van der Waals surface area contributed by atoms with Crippen LogP contribution < -0.4 is 10.6 Å². The number of H-pyrrole nitrogens is 1. The van der Waals surface area contributed by atoms with Gasteiger partial charge in [0.1, 0.15) is 0 Å². The summed E-state index contributed by atoms with van der Waals surface area (Å²) in [6.45, 7) is 1.44. The van der Waals surface area contributed by atoms with Crippen LogP contribution in [0.3, 0.4) is 0 Å². The normalized spacial score (nSPS) is 21.5. The van der Waals surface area contributed by atoms with E-state index in [-0.39, 0.29) is 11.7 Å². The first kappa shape index (κ1) is 14.4. The van der Waals surface area contributed by atoms with E-state index in [2.05, 4.69) is 20.8 Å². The standard InChI is InChI=1S/C15H16N4O3S/c20-15(14-10-7-16-6-5-11(10)18-19-14)17-12-8-23(21,22)13-4-2-1-3-9(12)13/h1-4,12,16H,5-8H2,(H,17,20)(H,18,19). The molecule has 4 rings (SSSR count). The van der Waals surface area contributed by atoms with Crippen LogP contribution in [0.5, 0.6) is 0 Å². The highest BCUT2D eigenvalue weighted by Crippen LogP contribution is 2.33. The minimum absolute atomic E-state index is 0.108. The first-order chi connectivity index (χ1) is 11.1. The zero-order valence-corrected chi connectivity index (χ0v) is 13.1. The third-order valence-corrected chi connectivity index (χ3v) is 6.16. The fraction of sp³-hybridized carbons (Fsp3) is 0.333. The van der Waals surface area contributed by atoms with Crippen LogP contribution in [-0.4, -0.2) is 36.8 Å². The van der Waals surface area contributed by atoms with Gasteiger partial charge in [-0.15, -0.1) is 0 Å². The predicted octanol–water partition coefficient (Wildman–Crippen LogP) is 0.314. The third kappa shape index (κ3) is 2.34. The Morgan fingerprint density at radius 3 is 3.00 bits per heavy atom. The molecular weight excluding hydrogens is 316 g/mol. The van der Waals surface area contributed by atoms with Crippen LogP contribution in [0.25, 0.3) is 0 Å². The van der Waals surface area contributed by atoms with E-state index in [1.165, 1.54) is 0 Å². The molecule has 7 nitrogen and oxygen atoms in total. The number of fused-ring (bicyclic) bond motifs is 2. The maximum atomic E-state index is 12.5. The summed E-state index contributed by atoms with van der Waals surface area (Å²) in [6, 6.07) is 6.26. The van der Waals surface area contributed by atoms with Crippen molar-refractivity contribution in [2.75, 3.05) is 12.3 Å². The molecule has 2 aromatic rings. The molecule has 1 atom stereocenters. The lowest BCUT2D eigenvalue weighted by atomic mass is 10.1. The summed E-state index contributed by atoms with van der Waals surface area (Å²) < 4.78 is 24.4. The van der Waals surface area contributed by atoms with Gasteiger partial charge in [-0.25, -0.2) is 8.42 Å². The summed E-state index contributed by atoms with van der Waals surface area (Å²) in [5.74, 6) is -0.453. The van der Waals surface area contributed by atoms with Gasteiger partial charge in [-0.3, -0.25) is 9.89 Å². The van der Waals surface area contributed by atoms with E-state index in [1.807, 2.05) is 0 Å². The van der Waals surface area contributed by atoms with E-state index in [0.717, 1.165) is 24.2 Å². The number of aromatic amines is 1. The first-order valence-electron chi connectivity index (χ1n) is 7.45. The molecule has 0 spiro atoms. The van der Waals surface area contributed by atoms with Crippen molar-refractivity contribution in [3.05, 3.63) is 46.8 Å². The fourth-order valence-corrected chi connectivity index (χ4v) is 4.95. The van der Waals surface area contributed by atoms with Crippen LogP contribution in [0.4, 0.5) is 0 Å². The highest BCUT2D eigenvalue weighted by atomic mass is 32.2.